The first-order chi connectivity index (χ1) is 16.6. The highest BCUT2D eigenvalue weighted by atomic mass is 16.5. The van der Waals surface area contributed by atoms with E-state index in [2.05, 4.69) is 28.0 Å². The molecule has 3 rings (SSSR count). The number of aromatic nitrogens is 2. The van der Waals surface area contributed by atoms with Crippen LogP contribution in [0.2, 0.25) is 0 Å². The van der Waals surface area contributed by atoms with Gasteiger partial charge in [-0.05, 0) is 30.2 Å². The van der Waals surface area contributed by atoms with Gasteiger partial charge in [0.2, 0.25) is 11.8 Å². The van der Waals surface area contributed by atoms with E-state index in [0.29, 0.717) is 18.2 Å². The maximum Gasteiger partial charge on any atom is 0.273 e. The third-order valence-electron chi connectivity index (χ3n) is 6.00. The number of fused-ring (bicyclic) bond motifs is 1. The summed E-state index contributed by atoms with van der Waals surface area (Å²) in [5.74, 6) is -0.200. The minimum absolute atomic E-state index is 0.122. The van der Waals surface area contributed by atoms with Crippen LogP contribution in [0.3, 0.4) is 0 Å². The number of ether oxygens (including phenoxy) is 2. The van der Waals surface area contributed by atoms with Crippen molar-refractivity contribution in [2.75, 3.05) is 19.8 Å². The van der Waals surface area contributed by atoms with Crippen LogP contribution in [0.5, 0.6) is 0 Å². The predicted molar refractivity (Wildman–Crippen MR) is 134 cm³/mol. The van der Waals surface area contributed by atoms with Gasteiger partial charge in [-0.25, -0.2) is 0 Å². The molecule has 1 aliphatic heterocycles. The lowest BCUT2D eigenvalue weighted by Gasteiger charge is -2.30. The van der Waals surface area contributed by atoms with Gasteiger partial charge in [-0.1, -0.05) is 51.3 Å². The SMILES string of the molecule is C=C=C(C)OC(=N)CNC(=O)[C@@H](NC(=O)c1nn(CC2CCOCC2)c2ccccc12)C(C)(C)C. The van der Waals surface area contributed by atoms with Crippen molar-refractivity contribution >= 4 is 28.6 Å². The molecule has 0 saturated carbocycles. The average molecular weight is 482 g/mol. The van der Waals surface area contributed by atoms with E-state index < -0.39 is 23.3 Å². The van der Waals surface area contributed by atoms with Crippen LogP contribution in [-0.4, -0.2) is 53.3 Å². The first-order valence-electron chi connectivity index (χ1n) is 11.8. The second-order valence-electron chi connectivity index (χ2n) is 9.85. The fourth-order valence-electron chi connectivity index (χ4n) is 4.01. The Balaban J connectivity index is 1.77. The Hall–Kier alpha value is -3.42. The van der Waals surface area contributed by atoms with Crippen LogP contribution in [0.4, 0.5) is 0 Å². The number of benzene rings is 1. The topological polar surface area (TPSA) is 118 Å². The van der Waals surface area contributed by atoms with E-state index >= 15 is 0 Å². The summed E-state index contributed by atoms with van der Waals surface area (Å²) in [5, 5.41) is 18.8. The molecule has 0 unspecified atom stereocenters. The molecule has 9 heteroatoms. The number of hydrogen-bond donors (Lipinski definition) is 3. The van der Waals surface area contributed by atoms with Crippen molar-refractivity contribution in [1.82, 2.24) is 20.4 Å². The summed E-state index contributed by atoms with van der Waals surface area (Å²) in [5.41, 5.74) is 3.13. The maximum atomic E-state index is 13.4. The van der Waals surface area contributed by atoms with Gasteiger partial charge >= 0.3 is 0 Å². The summed E-state index contributed by atoms with van der Waals surface area (Å²) in [6, 6.07) is 6.78. The minimum Gasteiger partial charge on any atom is -0.438 e. The van der Waals surface area contributed by atoms with Gasteiger partial charge in [0.25, 0.3) is 5.91 Å². The molecular weight excluding hydrogens is 446 g/mol. The number of hydrogen-bond acceptors (Lipinski definition) is 6. The highest BCUT2D eigenvalue weighted by Gasteiger charge is 2.34. The Kier molecular flexibility index (Phi) is 8.48. The summed E-state index contributed by atoms with van der Waals surface area (Å²) < 4.78 is 12.5. The molecule has 1 atom stereocenters. The first-order valence-corrected chi connectivity index (χ1v) is 11.8. The lowest BCUT2D eigenvalue weighted by atomic mass is 9.86. The quantitative estimate of drug-likeness (QED) is 0.231. The van der Waals surface area contributed by atoms with Crippen LogP contribution < -0.4 is 10.6 Å². The molecule has 9 nitrogen and oxygen atoms in total. The summed E-state index contributed by atoms with van der Waals surface area (Å²) in [4.78, 5) is 26.4. The molecule has 2 heterocycles. The molecule has 35 heavy (non-hydrogen) atoms. The van der Waals surface area contributed by atoms with Crippen LogP contribution in [0.25, 0.3) is 10.9 Å². The Bertz CT molecular complexity index is 1130. The fraction of sp³-hybridized carbons (Fsp3) is 0.500. The highest BCUT2D eigenvalue weighted by molar-refractivity contribution is 6.06. The second-order valence-corrected chi connectivity index (χ2v) is 9.85. The van der Waals surface area contributed by atoms with E-state index in [1.165, 1.54) is 0 Å². The number of rotatable bonds is 8. The molecule has 0 bridgehead atoms. The van der Waals surface area contributed by atoms with Crippen molar-refractivity contribution in [3.63, 3.8) is 0 Å². The number of amides is 2. The lowest BCUT2D eigenvalue weighted by molar-refractivity contribution is -0.125. The predicted octanol–water partition coefficient (Wildman–Crippen LogP) is 3.41. The van der Waals surface area contributed by atoms with Gasteiger partial charge in [-0.3, -0.25) is 19.7 Å². The Morgan fingerprint density at radius 3 is 2.66 bits per heavy atom. The van der Waals surface area contributed by atoms with E-state index in [0.717, 1.165) is 37.0 Å². The molecule has 1 aromatic heterocycles. The number of nitrogens with zero attached hydrogens (tertiary/aromatic N) is 2. The van der Waals surface area contributed by atoms with E-state index in [4.69, 9.17) is 14.9 Å². The third-order valence-corrected chi connectivity index (χ3v) is 6.00. The fourth-order valence-corrected chi connectivity index (χ4v) is 4.01. The zero-order valence-corrected chi connectivity index (χ0v) is 20.9. The van der Waals surface area contributed by atoms with Crippen molar-refractivity contribution in [3.8, 4) is 0 Å². The second kappa shape index (κ2) is 11.3. The van der Waals surface area contributed by atoms with Gasteiger partial charge in [0.05, 0.1) is 12.1 Å². The van der Waals surface area contributed by atoms with Crippen LogP contribution >= 0.6 is 0 Å². The molecule has 2 aromatic rings. The number of para-hydroxylation sites is 1. The minimum atomic E-state index is -0.849. The molecule has 1 aromatic carbocycles. The van der Waals surface area contributed by atoms with Gasteiger partial charge in [-0.15, -0.1) is 0 Å². The van der Waals surface area contributed by atoms with Crippen molar-refractivity contribution in [1.29, 1.82) is 5.41 Å². The zero-order chi connectivity index (χ0) is 25.6. The van der Waals surface area contributed by atoms with Crippen molar-refractivity contribution in [3.05, 3.63) is 48.0 Å². The molecule has 1 saturated heterocycles. The lowest BCUT2D eigenvalue weighted by Crippen LogP contribution is -2.54. The molecule has 0 aliphatic carbocycles. The van der Waals surface area contributed by atoms with Crippen LogP contribution in [0.1, 0.15) is 51.0 Å². The molecule has 1 aliphatic rings. The zero-order valence-electron chi connectivity index (χ0n) is 20.9. The van der Waals surface area contributed by atoms with Crippen LogP contribution in [-0.2, 0) is 20.8 Å². The number of carbonyl (C=O) groups is 2. The molecule has 3 N–H and O–H groups in total. The van der Waals surface area contributed by atoms with Crippen molar-refractivity contribution < 1.29 is 19.1 Å². The van der Waals surface area contributed by atoms with Gasteiger partial charge in [0.1, 0.15) is 11.8 Å². The molecule has 188 valence electrons. The van der Waals surface area contributed by atoms with E-state index in [9.17, 15) is 9.59 Å². The van der Waals surface area contributed by atoms with Crippen molar-refractivity contribution in [2.45, 2.75) is 53.1 Å². The van der Waals surface area contributed by atoms with E-state index in [1.807, 2.05) is 49.7 Å². The van der Waals surface area contributed by atoms with Crippen molar-refractivity contribution in [2.24, 2.45) is 11.3 Å². The normalized spacial score (nSPS) is 15.2. The molecule has 0 radical (unpaired) electrons. The number of carbonyl (C=O) groups excluding carboxylic acids is 2. The molecule has 1 fully saturated rings. The Morgan fingerprint density at radius 1 is 1.31 bits per heavy atom. The third kappa shape index (κ3) is 6.81. The van der Waals surface area contributed by atoms with Crippen LogP contribution in [0.15, 0.2) is 42.3 Å². The largest absolute Gasteiger partial charge is 0.438 e. The smallest absolute Gasteiger partial charge is 0.273 e. The summed E-state index contributed by atoms with van der Waals surface area (Å²) in [6.07, 6.45) is 1.92. The Labute approximate surface area is 206 Å². The van der Waals surface area contributed by atoms with Crippen LogP contribution in [0, 0.1) is 16.7 Å². The average Bonchev–Trinajstić information content (AvgIpc) is 3.19. The Morgan fingerprint density at radius 2 is 2.00 bits per heavy atom. The first kappa shape index (κ1) is 26.2. The van der Waals surface area contributed by atoms with Gasteiger partial charge in [0.15, 0.2) is 5.69 Å². The monoisotopic (exact) mass is 481 g/mol. The number of nitrogens with one attached hydrogen (secondary N) is 3. The maximum absolute atomic E-state index is 13.4. The summed E-state index contributed by atoms with van der Waals surface area (Å²) >= 11 is 0. The highest BCUT2D eigenvalue weighted by Crippen LogP contribution is 2.24. The van der Waals surface area contributed by atoms with E-state index in [-0.39, 0.29) is 18.1 Å². The van der Waals surface area contributed by atoms with Gasteiger partial charge in [0, 0.05) is 32.1 Å². The van der Waals surface area contributed by atoms with E-state index in [1.54, 1.807) is 6.92 Å². The molecule has 0 spiro atoms. The van der Waals surface area contributed by atoms with Gasteiger partial charge in [-0.2, -0.15) is 5.10 Å². The molecule has 2 amide bonds. The molecular formula is C26H35N5O4. The summed E-state index contributed by atoms with van der Waals surface area (Å²) in [6.45, 7) is 12.7. The standard InChI is InChI=1S/C26H35N5O4/c1-6-17(2)35-21(27)15-28-25(33)23(26(3,4)5)29-24(32)22-19-9-7-8-10-20(19)31(30-22)16-18-11-13-34-14-12-18/h7-10,18,23,27H,1,11-16H2,2-5H3,(H,28,33)(H,29,32)/t23-/m1/s1. The summed E-state index contributed by atoms with van der Waals surface area (Å²) in [7, 11) is 0. The van der Waals surface area contributed by atoms with Gasteiger partial charge < -0.3 is 20.1 Å². The number of allylic oxidation sites excluding steroid dienone is 1.